The van der Waals surface area contributed by atoms with Crippen molar-refractivity contribution in [3.05, 3.63) is 29.3 Å². The highest BCUT2D eigenvalue weighted by Gasteiger charge is 2.18. The normalized spacial score (nSPS) is 19.7. The van der Waals surface area contributed by atoms with E-state index in [1.807, 2.05) is 12.1 Å². The summed E-state index contributed by atoms with van der Waals surface area (Å²) in [5.74, 6) is 6.00. The van der Waals surface area contributed by atoms with Gasteiger partial charge in [-0.05, 0) is 30.2 Å². The number of benzene rings is 1. The Kier molecular flexibility index (Phi) is 2.20. The van der Waals surface area contributed by atoms with E-state index >= 15 is 0 Å². The second-order valence-corrected chi connectivity index (χ2v) is 3.39. The van der Waals surface area contributed by atoms with E-state index in [9.17, 15) is 0 Å². The molecule has 2 N–H and O–H groups in total. The SMILES string of the molecule is CC1Cc2cc(CON)ccc2O1. The molecule has 0 bridgehead atoms. The molecule has 0 amide bonds. The fraction of sp³-hybridized carbons (Fsp3) is 0.400. The summed E-state index contributed by atoms with van der Waals surface area (Å²) < 4.78 is 5.57. The van der Waals surface area contributed by atoms with Crippen LogP contribution in [0, 0.1) is 0 Å². The molecular weight excluding hydrogens is 166 g/mol. The second-order valence-electron chi connectivity index (χ2n) is 3.39. The highest BCUT2D eigenvalue weighted by Crippen LogP contribution is 2.29. The van der Waals surface area contributed by atoms with Crippen molar-refractivity contribution in [2.45, 2.75) is 26.1 Å². The first-order valence-electron chi connectivity index (χ1n) is 4.39. The van der Waals surface area contributed by atoms with Gasteiger partial charge >= 0.3 is 0 Å². The van der Waals surface area contributed by atoms with Crippen molar-refractivity contribution in [1.29, 1.82) is 0 Å². The molecule has 3 nitrogen and oxygen atoms in total. The zero-order valence-electron chi connectivity index (χ0n) is 7.62. The first-order valence-corrected chi connectivity index (χ1v) is 4.39. The van der Waals surface area contributed by atoms with Crippen LogP contribution in [0.2, 0.25) is 0 Å². The van der Waals surface area contributed by atoms with Crippen molar-refractivity contribution in [2.75, 3.05) is 0 Å². The van der Waals surface area contributed by atoms with Crippen LogP contribution in [0.25, 0.3) is 0 Å². The molecule has 0 saturated heterocycles. The quantitative estimate of drug-likeness (QED) is 0.698. The van der Waals surface area contributed by atoms with E-state index in [0.29, 0.717) is 12.7 Å². The minimum atomic E-state index is 0.295. The Morgan fingerprint density at radius 1 is 1.62 bits per heavy atom. The molecule has 1 heterocycles. The minimum Gasteiger partial charge on any atom is -0.490 e. The lowest BCUT2D eigenvalue weighted by Gasteiger charge is -2.02. The summed E-state index contributed by atoms with van der Waals surface area (Å²) in [6, 6.07) is 6.04. The van der Waals surface area contributed by atoms with Crippen LogP contribution in [0.1, 0.15) is 18.1 Å². The molecule has 1 aliphatic heterocycles. The van der Waals surface area contributed by atoms with Crippen LogP contribution in [0.3, 0.4) is 0 Å². The van der Waals surface area contributed by atoms with Gasteiger partial charge in [0, 0.05) is 6.42 Å². The molecule has 13 heavy (non-hydrogen) atoms. The van der Waals surface area contributed by atoms with Gasteiger partial charge in [0.15, 0.2) is 0 Å². The zero-order valence-corrected chi connectivity index (χ0v) is 7.62. The highest BCUT2D eigenvalue weighted by atomic mass is 16.6. The summed E-state index contributed by atoms with van der Waals surface area (Å²) in [6.45, 7) is 2.53. The second kappa shape index (κ2) is 3.36. The molecule has 0 aliphatic carbocycles. The van der Waals surface area contributed by atoms with Crippen molar-refractivity contribution in [3.63, 3.8) is 0 Å². The largest absolute Gasteiger partial charge is 0.490 e. The van der Waals surface area contributed by atoms with Crippen LogP contribution < -0.4 is 10.6 Å². The minimum absolute atomic E-state index is 0.295. The number of rotatable bonds is 2. The Morgan fingerprint density at radius 2 is 2.46 bits per heavy atom. The number of nitrogens with two attached hydrogens (primary N) is 1. The van der Waals surface area contributed by atoms with E-state index in [0.717, 1.165) is 17.7 Å². The van der Waals surface area contributed by atoms with Crippen LogP contribution in [-0.4, -0.2) is 6.10 Å². The molecule has 0 fully saturated rings. The van der Waals surface area contributed by atoms with E-state index in [-0.39, 0.29) is 0 Å². The van der Waals surface area contributed by atoms with Crippen molar-refractivity contribution in [1.82, 2.24) is 0 Å². The lowest BCUT2D eigenvalue weighted by molar-refractivity contribution is 0.124. The van der Waals surface area contributed by atoms with Gasteiger partial charge in [0.25, 0.3) is 0 Å². The molecule has 1 aromatic rings. The summed E-state index contributed by atoms with van der Waals surface area (Å²) in [5.41, 5.74) is 2.35. The third-order valence-electron chi connectivity index (χ3n) is 2.21. The molecule has 0 saturated carbocycles. The van der Waals surface area contributed by atoms with E-state index in [1.54, 1.807) is 0 Å². The summed E-state index contributed by atoms with van der Waals surface area (Å²) in [7, 11) is 0. The van der Waals surface area contributed by atoms with Crippen LogP contribution >= 0.6 is 0 Å². The average Bonchev–Trinajstić information content (AvgIpc) is 2.44. The van der Waals surface area contributed by atoms with Gasteiger partial charge in [-0.25, -0.2) is 5.90 Å². The third-order valence-corrected chi connectivity index (χ3v) is 2.21. The molecule has 3 heteroatoms. The van der Waals surface area contributed by atoms with Gasteiger partial charge in [-0.2, -0.15) is 0 Å². The topological polar surface area (TPSA) is 44.5 Å². The lowest BCUT2D eigenvalue weighted by atomic mass is 10.1. The van der Waals surface area contributed by atoms with Gasteiger partial charge in [-0.3, -0.25) is 4.84 Å². The summed E-state index contributed by atoms with van der Waals surface area (Å²) in [4.78, 5) is 4.57. The van der Waals surface area contributed by atoms with E-state index in [2.05, 4.69) is 17.8 Å². The van der Waals surface area contributed by atoms with E-state index < -0.39 is 0 Å². The molecule has 1 aromatic carbocycles. The average molecular weight is 179 g/mol. The summed E-state index contributed by atoms with van der Waals surface area (Å²) in [5, 5.41) is 0. The fourth-order valence-corrected chi connectivity index (χ4v) is 1.66. The molecule has 1 aliphatic rings. The van der Waals surface area contributed by atoms with Crippen LogP contribution in [0.4, 0.5) is 0 Å². The van der Waals surface area contributed by atoms with Gasteiger partial charge in [0.05, 0.1) is 6.61 Å². The Hall–Kier alpha value is -1.06. The van der Waals surface area contributed by atoms with E-state index in [4.69, 9.17) is 10.6 Å². The van der Waals surface area contributed by atoms with Crippen molar-refractivity contribution in [2.24, 2.45) is 5.90 Å². The zero-order chi connectivity index (χ0) is 9.26. The molecule has 70 valence electrons. The van der Waals surface area contributed by atoms with Crippen LogP contribution in [0.5, 0.6) is 5.75 Å². The maximum absolute atomic E-state index is 5.57. The van der Waals surface area contributed by atoms with E-state index in [1.165, 1.54) is 5.56 Å². The van der Waals surface area contributed by atoms with Crippen LogP contribution in [-0.2, 0) is 17.9 Å². The van der Waals surface area contributed by atoms with Gasteiger partial charge in [-0.15, -0.1) is 0 Å². The standard InChI is InChI=1S/C10H13NO2/c1-7-4-9-5-8(6-12-11)2-3-10(9)13-7/h2-3,5,7H,4,6,11H2,1H3. The molecule has 0 radical (unpaired) electrons. The van der Waals surface area contributed by atoms with Gasteiger partial charge in [-0.1, -0.05) is 6.07 Å². The Balaban J connectivity index is 2.24. The van der Waals surface area contributed by atoms with Gasteiger partial charge < -0.3 is 4.74 Å². The molecule has 1 unspecified atom stereocenters. The Morgan fingerprint density at radius 3 is 3.23 bits per heavy atom. The maximum atomic E-state index is 5.57. The van der Waals surface area contributed by atoms with Gasteiger partial charge in [0.2, 0.25) is 0 Å². The third kappa shape index (κ3) is 1.66. The molecular formula is C10H13NO2. The maximum Gasteiger partial charge on any atom is 0.123 e. The Labute approximate surface area is 77.4 Å². The first-order chi connectivity index (χ1) is 6.29. The van der Waals surface area contributed by atoms with Crippen molar-refractivity contribution < 1.29 is 9.57 Å². The highest BCUT2D eigenvalue weighted by molar-refractivity contribution is 5.40. The predicted octanol–water partition coefficient (Wildman–Crippen LogP) is 1.40. The number of ether oxygens (including phenoxy) is 1. The molecule has 0 aromatic heterocycles. The Bertz CT molecular complexity index is 312. The number of hydrogen-bond donors (Lipinski definition) is 1. The fourth-order valence-electron chi connectivity index (χ4n) is 1.66. The number of hydrogen-bond acceptors (Lipinski definition) is 3. The first kappa shape index (κ1) is 8.53. The van der Waals surface area contributed by atoms with Crippen molar-refractivity contribution >= 4 is 0 Å². The van der Waals surface area contributed by atoms with Crippen LogP contribution in [0.15, 0.2) is 18.2 Å². The predicted molar refractivity (Wildman–Crippen MR) is 49.2 cm³/mol. The lowest BCUT2D eigenvalue weighted by Crippen LogP contribution is -2.05. The smallest absolute Gasteiger partial charge is 0.123 e. The van der Waals surface area contributed by atoms with Gasteiger partial charge in [0.1, 0.15) is 11.9 Å². The molecule has 2 rings (SSSR count). The number of fused-ring (bicyclic) bond motifs is 1. The summed E-state index contributed by atoms with van der Waals surface area (Å²) in [6.07, 6.45) is 1.28. The summed E-state index contributed by atoms with van der Waals surface area (Å²) >= 11 is 0. The van der Waals surface area contributed by atoms with Crippen molar-refractivity contribution in [3.8, 4) is 5.75 Å². The molecule has 1 atom stereocenters. The molecule has 0 spiro atoms. The monoisotopic (exact) mass is 179 g/mol.